The van der Waals surface area contributed by atoms with Crippen LogP contribution in [0.15, 0.2) is 84.9 Å². The smallest absolute Gasteiger partial charge is 0.176 e. The van der Waals surface area contributed by atoms with Gasteiger partial charge < -0.3 is 4.57 Å². The summed E-state index contributed by atoms with van der Waals surface area (Å²) >= 11 is 0. The van der Waals surface area contributed by atoms with E-state index in [2.05, 4.69) is 65.2 Å². The topological polar surface area (TPSA) is 22.0 Å². The van der Waals surface area contributed by atoms with E-state index in [1.54, 1.807) is 6.92 Å². The molecule has 0 N–H and O–H groups in total. The molecule has 0 fully saturated rings. The van der Waals surface area contributed by atoms with E-state index in [-0.39, 0.29) is 13.2 Å². The van der Waals surface area contributed by atoms with Crippen LogP contribution in [-0.2, 0) is 19.4 Å². The lowest BCUT2D eigenvalue weighted by molar-refractivity contribution is 0.100. The summed E-state index contributed by atoms with van der Waals surface area (Å²) < 4.78 is 2.19. The molecule has 34 heavy (non-hydrogen) atoms. The van der Waals surface area contributed by atoms with E-state index in [1.165, 1.54) is 16.5 Å². The monoisotopic (exact) mass is 459 g/mol. The third-order valence-electron chi connectivity index (χ3n) is 5.10. The molecule has 0 amide bonds. The average molecular weight is 460 g/mol. The molecular formula is C32H45NO. The minimum atomic E-state index is 0. The normalized spacial score (nSPS) is 9.26. The van der Waals surface area contributed by atoms with E-state index in [1.807, 2.05) is 65.8 Å². The molecule has 1 aromatic heterocycles. The standard InChI is InChI=1S/C25H23NO.3C2H6.CH4/c1-19(27)25-23(17-16-20-10-4-2-5-11-20)22-14-8-9-15-24(22)26(25)18-21-12-6-3-7-13-21;3*1-2;/h2-15H,16-18H2,1H3;3*1-2H3;1H4. The van der Waals surface area contributed by atoms with Gasteiger partial charge in [0.25, 0.3) is 0 Å². The van der Waals surface area contributed by atoms with E-state index in [0.717, 1.165) is 29.6 Å². The van der Waals surface area contributed by atoms with Gasteiger partial charge in [0.1, 0.15) is 0 Å². The molecule has 0 bridgehead atoms. The van der Waals surface area contributed by atoms with Crippen molar-refractivity contribution in [1.82, 2.24) is 4.57 Å². The molecule has 4 aromatic rings. The van der Waals surface area contributed by atoms with E-state index in [9.17, 15) is 4.79 Å². The Labute approximate surface area is 208 Å². The maximum absolute atomic E-state index is 12.6. The second-order valence-electron chi connectivity index (χ2n) is 6.96. The van der Waals surface area contributed by atoms with Crippen molar-refractivity contribution in [3.05, 3.63) is 107 Å². The summed E-state index contributed by atoms with van der Waals surface area (Å²) in [4.78, 5) is 12.6. The maximum Gasteiger partial charge on any atom is 0.176 e. The van der Waals surface area contributed by atoms with Crippen LogP contribution in [0, 0.1) is 0 Å². The quantitative estimate of drug-likeness (QED) is 0.263. The molecular weight excluding hydrogens is 414 g/mol. The number of para-hydroxylation sites is 1. The second-order valence-corrected chi connectivity index (χ2v) is 6.96. The fourth-order valence-electron chi connectivity index (χ4n) is 3.87. The van der Waals surface area contributed by atoms with Crippen molar-refractivity contribution >= 4 is 16.7 Å². The van der Waals surface area contributed by atoms with Gasteiger partial charge in [0.15, 0.2) is 5.78 Å². The Bertz CT molecular complexity index is 1060. The van der Waals surface area contributed by atoms with Crippen LogP contribution < -0.4 is 0 Å². The van der Waals surface area contributed by atoms with Gasteiger partial charge in [-0.3, -0.25) is 4.79 Å². The van der Waals surface area contributed by atoms with Crippen LogP contribution in [0.25, 0.3) is 10.9 Å². The Kier molecular flexibility index (Phi) is 15.8. The first-order valence-corrected chi connectivity index (χ1v) is 12.4. The maximum atomic E-state index is 12.6. The van der Waals surface area contributed by atoms with Gasteiger partial charge in [0.2, 0.25) is 0 Å². The second kappa shape index (κ2) is 17.4. The predicted molar refractivity (Wildman–Crippen MR) is 152 cm³/mol. The van der Waals surface area contributed by atoms with Crippen LogP contribution in [0.3, 0.4) is 0 Å². The number of nitrogens with zero attached hydrogens (tertiary/aromatic N) is 1. The van der Waals surface area contributed by atoms with Gasteiger partial charge in [-0.05, 0) is 35.6 Å². The van der Waals surface area contributed by atoms with Gasteiger partial charge in [-0.1, -0.05) is 128 Å². The van der Waals surface area contributed by atoms with Crippen molar-refractivity contribution in [2.45, 2.75) is 75.3 Å². The number of hydrogen-bond acceptors (Lipinski definition) is 1. The highest BCUT2D eigenvalue weighted by atomic mass is 16.1. The molecule has 0 saturated carbocycles. The largest absolute Gasteiger partial charge is 0.333 e. The molecule has 1 heterocycles. The number of carbonyl (C=O) groups excluding carboxylic acids is 1. The first-order chi connectivity index (χ1) is 16.2. The molecule has 0 atom stereocenters. The fourth-order valence-corrected chi connectivity index (χ4v) is 3.87. The van der Waals surface area contributed by atoms with Crippen molar-refractivity contribution in [3.63, 3.8) is 0 Å². The van der Waals surface area contributed by atoms with Gasteiger partial charge in [0.05, 0.1) is 5.69 Å². The minimum absolute atomic E-state index is 0. The summed E-state index contributed by atoms with van der Waals surface area (Å²) in [6.07, 6.45) is 1.79. The number of benzene rings is 3. The Morgan fingerprint density at radius 2 is 1.12 bits per heavy atom. The molecule has 0 unspecified atom stereocenters. The van der Waals surface area contributed by atoms with Gasteiger partial charge in [-0.15, -0.1) is 0 Å². The number of Topliss-reactive ketones (excluding diaryl/α,β-unsaturated/α-hetero) is 1. The number of ketones is 1. The Balaban J connectivity index is 0.00000145. The molecule has 0 spiro atoms. The number of fused-ring (bicyclic) bond motifs is 1. The van der Waals surface area contributed by atoms with Crippen LogP contribution in [0.4, 0.5) is 0 Å². The van der Waals surface area contributed by atoms with Crippen LogP contribution in [-0.4, -0.2) is 10.4 Å². The van der Waals surface area contributed by atoms with E-state index in [0.29, 0.717) is 6.54 Å². The van der Waals surface area contributed by atoms with E-state index in [4.69, 9.17) is 0 Å². The summed E-state index contributed by atoms with van der Waals surface area (Å²) in [5.74, 6) is 0.130. The lowest BCUT2D eigenvalue weighted by Gasteiger charge is -2.10. The van der Waals surface area contributed by atoms with Crippen molar-refractivity contribution in [1.29, 1.82) is 0 Å². The molecule has 2 nitrogen and oxygen atoms in total. The lowest BCUT2D eigenvalue weighted by Crippen LogP contribution is -2.10. The molecule has 0 aliphatic heterocycles. The molecule has 4 rings (SSSR count). The zero-order chi connectivity index (χ0) is 24.6. The lowest BCUT2D eigenvalue weighted by atomic mass is 10.0. The highest BCUT2D eigenvalue weighted by molar-refractivity contribution is 6.01. The Morgan fingerprint density at radius 1 is 0.647 bits per heavy atom. The highest BCUT2D eigenvalue weighted by Crippen LogP contribution is 2.29. The minimum Gasteiger partial charge on any atom is -0.333 e. The van der Waals surface area contributed by atoms with E-state index >= 15 is 0 Å². The molecule has 2 heteroatoms. The molecule has 0 aliphatic carbocycles. The first kappa shape index (κ1) is 30.9. The number of rotatable bonds is 6. The number of aryl methyl sites for hydroxylation is 2. The third kappa shape index (κ3) is 8.02. The number of aromatic nitrogens is 1. The van der Waals surface area contributed by atoms with Crippen LogP contribution >= 0.6 is 0 Å². The zero-order valence-corrected chi connectivity index (χ0v) is 21.6. The molecule has 0 radical (unpaired) electrons. The highest BCUT2D eigenvalue weighted by Gasteiger charge is 2.20. The van der Waals surface area contributed by atoms with Crippen molar-refractivity contribution < 1.29 is 4.79 Å². The Morgan fingerprint density at radius 3 is 1.65 bits per heavy atom. The van der Waals surface area contributed by atoms with Gasteiger partial charge in [-0.2, -0.15) is 0 Å². The summed E-state index contributed by atoms with van der Waals surface area (Å²) in [6, 6.07) is 29.2. The predicted octanol–water partition coefficient (Wildman–Crippen LogP) is 9.39. The van der Waals surface area contributed by atoms with Crippen LogP contribution in [0.1, 0.15) is 83.1 Å². The van der Waals surface area contributed by atoms with Gasteiger partial charge in [0, 0.05) is 24.4 Å². The SMILES string of the molecule is C.CC.CC.CC.CC(=O)c1c(CCc2ccccc2)c2ccccc2n1Cc1ccccc1. The third-order valence-corrected chi connectivity index (χ3v) is 5.10. The average Bonchev–Trinajstić information content (AvgIpc) is 3.21. The first-order valence-electron chi connectivity index (χ1n) is 12.4. The van der Waals surface area contributed by atoms with Gasteiger partial charge >= 0.3 is 0 Å². The zero-order valence-electron chi connectivity index (χ0n) is 21.6. The Hall–Kier alpha value is -3.13. The summed E-state index contributed by atoms with van der Waals surface area (Å²) in [6.45, 7) is 14.4. The van der Waals surface area contributed by atoms with Crippen molar-refractivity contribution in [2.24, 2.45) is 0 Å². The van der Waals surface area contributed by atoms with Gasteiger partial charge in [-0.25, -0.2) is 0 Å². The summed E-state index contributed by atoms with van der Waals surface area (Å²) in [7, 11) is 0. The van der Waals surface area contributed by atoms with Crippen LogP contribution in [0.5, 0.6) is 0 Å². The van der Waals surface area contributed by atoms with Crippen LogP contribution in [0.2, 0.25) is 0 Å². The molecule has 0 saturated heterocycles. The van der Waals surface area contributed by atoms with E-state index < -0.39 is 0 Å². The van der Waals surface area contributed by atoms with Crippen molar-refractivity contribution in [2.75, 3.05) is 0 Å². The molecule has 0 aliphatic rings. The fraction of sp³-hybridized carbons (Fsp3) is 0.344. The summed E-state index contributed by atoms with van der Waals surface area (Å²) in [5, 5.41) is 1.19. The molecule has 184 valence electrons. The summed E-state index contributed by atoms with van der Waals surface area (Å²) in [5.41, 5.74) is 5.64. The number of carbonyl (C=O) groups is 1. The molecule has 3 aromatic carbocycles. The van der Waals surface area contributed by atoms with Crippen molar-refractivity contribution in [3.8, 4) is 0 Å². The number of hydrogen-bond donors (Lipinski definition) is 0.